The number of ether oxygens (including phenoxy) is 3. The van der Waals surface area contributed by atoms with Crippen LogP contribution >= 0.6 is 21.6 Å². The van der Waals surface area contributed by atoms with Crippen molar-refractivity contribution in [1.29, 1.82) is 0 Å². The summed E-state index contributed by atoms with van der Waals surface area (Å²) < 4.78 is 16.1. The van der Waals surface area contributed by atoms with Crippen molar-refractivity contribution in [3.63, 3.8) is 0 Å². The molecule has 33 heavy (non-hydrogen) atoms. The van der Waals surface area contributed by atoms with Gasteiger partial charge in [0.2, 0.25) is 0 Å². The highest BCUT2D eigenvalue weighted by molar-refractivity contribution is 8.77. The molecule has 0 unspecified atom stereocenters. The number of esters is 1. The second kappa shape index (κ2) is 12.3. The van der Waals surface area contributed by atoms with Crippen LogP contribution in [0.1, 0.15) is 45.1 Å². The van der Waals surface area contributed by atoms with Gasteiger partial charge in [0.25, 0.3) is 11.6 Å². The lowest BCUT2D eigenvalue weighted by Gasteiger charge is -2.60. The molecule has 1 aliphatic rings. The van der Waals surface area contributed by atoms with E-state index in [0.717, 1.165) is 30.6 Å². The summed E-state index contributed by atoms with van der Waals surface area (Å²) in [5, 5.41) is 2.59. The van der Waals surface area contributed by atoms with Gasteiger partial charge in [-0.2, -0.15) is 0 Å². The molecule has 8 nitrogen and oxygen atoms in total. The number of hydrogen-bond acceptors (Lipinski definition) is 8. The van der Waals surface area contributed by atoms with Crippen LogP contribution in [0.25, 0.3) is 0 Å². The van der Waals surface area contributed by atoms with Gasteiger partial charge < -0.3 is 19.1 Å². The van der Waals surface area contributed by atoms with E-state index in [1.807, 2.05) is 30.3 Å². The van der Waals surface area contributed by atoms with Gasteiger partial charge in [-0.1, -0.05) is 78.3 Å². The predicted octanol–water partition coefficient (Wildman–Crippen LogP) is 4.46. The Balaban J connectivity index is 2.22. The quantitative estimate of drug-likeness (QED) is 0.107. The normalized spacial score (nSPS) is 21.8. The SMILES string of the molecule is C=C(C)OC(=O)C[C@@]1(SSCCCCC)N(C)C(=O)[C@@]1(NC(=O)OCc1ccccc1)OC. The number of benzene rings is 1. The predicted molar refractivity (Wildman–Crippen MR) is 130 cm³/mol. The molecule has 1 aliphatic heterocycles. The fourth-order valence-electron chi connectivity index (χ4n) is 3.47. The van der Waals surface area contributed by atoms with Crippen LogP contribution < -0.4 is 5.32 Å². The van der Waals surface area contributed by atoms with Crippen LogP contribution in [0.3, 0.4) is 0 Å². The highest BCUT2D eigenvalue weighted by atomic mass is 33.1. The van der Waals surface area contributed by atoms with E-state index in [4.69, 9.17) is 14.2 Å². The van der Waals surface area contributed by atoms with Gasteiger partial charge in [-0.05, 0) is 18.9 Å². The first-order valence-electron chi connectivity index (χ1n) is 10.7. The molecule has 1 fully saturated rings. The van der Waals surface area contributed by atoms with E-state index in [1.54, 1.807) is 14.0 Å². The number of unbranched alkanes of at least 4 members (excludes halogenated alkanes) is 2. The molecule has 0 aromatic heterocycles. The van der Waals surface area contributed by atoms with Crippen molar-refractivity contribution in [3.05, 3.63) is 48.2 Å². The molecule has 182 valence electrons. The van der Waals surface area contributed by atoms with Gasteiger partial charge in [0.1, 0.15) is 6.61 Å². The Bertz CT molecular complexity index is 853. The van der Waals surface area contributed by atoms with E-state index in [2.05, 4.69) is 18.8 Å². The summed E-state index contributed by atoms with van der Waals surface area (Å²) in [6, 6.07) is 9.18. The van der Waals surface area contributed by atoms with Gasteiger partial charge >= 0.3 is 12.1 Å². The molecule has 1 aromatic rings. The lowest BCUT2D eigenvalue weighted by molar-refractivity contribution is -0.211. The topological polar surface area (TPSA) is 94.2 Å². The molecule has 10 heteroatoms. The van der Waals surface area contributed by atoms with Gasteiger partial charge in [0, 0.05) is 19.9 Å². The Morgan fingerprint density at radius 1 is 1.21 bits per heavy atom. The van der Waals surface area contributed by atoms with E-state index >= 15 is 0 Å². The number of carbonyl (C=O) groups excluding carboxylic acids is 3. The molecule has 1 heterocycles. The first kappa shape index (κ1) is 27.1. The number of nitrogens with zero attached hydrogens (tertiary/aromatic N) is 1. The van der Waals surface area contributed by atoms with Crippen LogP contribution in [0.2, 0.25) is 0 Å². The molecular weight excluding hydrogens is 464 g/mol. The average molecular weight is 497 g/mol. The molecule has 1 aromatic carbocycles. The van der Waals surface area contributed by atoms with Gasteiger partial charge in [0.05, 0.1) is 12.2 Å². The van der Waals surface area contributed by atoms with E-state index in [9.17, 15) is 14.4 Å². The monoisotopic (exact) mass is 496 g/mol. The van der Waals surface area contributed by atoms with Gasteiger partial charge in [-0.25, -0.2) is 4.79 Å². The molecule has 0 radical (unpaired) electrons. The summed E-state index contributed by atoms with van der Waals surface area (Å²) in [6.07, 6.45) is 2.12. The largest absolute Gasteiger partial charge is 0.445 e. The molecule has 2 rings (SSSR count). The number of carbonyl (C=O) groups is 3. The smallest absolute Gasteiger partial charge is 0.410 e. The van der Waals surface area contributed by atoms with Crippen molar-refractivity contribution in [2.24, 2.45) is 0 Å². The molecule has 0 saturated carbocycles. The lowest BCUT2D eigenvalue weighted by Crippen LogP contribution is -2.86. The number of likely N-dealkylation sites (N-methyl/N-ethyl adjacent to an activating group) is 1. The Labute approximate surface area is 203 Å². The Hall–Kier alpha value is -2.17. The van der Waals surface area contributed by atoms with Crippen LogP contribution in [0.15, 0.2) is 42.7 Å². The van der Waals surface area contributed by atoms with Crippen molar-refractivity contribution in [1.82, 2.24) is 10.2 Å². The minimum Gasteiger partial charge on any atom is -0.445 e. The van der Waals surface area contributed by atoms with Crippen LogP contribution in [0, 0.1) is 0 Å². The van der Waals surface area contributed by atoms with E-state index < -0.39 is 28.6 Å². The standard InChI is InChI=1S/C23H32N2O6S2/c1-6-7-11-14-32-33-22(15-19(26)31-17(2)3)23(29-5,20(27)25(22)4)24-21(28)30-16-18-12-9-8-10-13-18/h8-10,12-13H,2,6-7,11,14-16H2,1,3-5H3,(H,24,28)/t22-,23+/m0/s1. The van der Waals surface area contributed by atoms with Crippen molar-refractivity contribution in [2.75, 3.05) is 19.9 Å². The van der Waals surface area contributed by atoms with Crippen LogP contribution in [0.4, 0.5) is 4.79 Å². The number of methoxy groups -OCH3 is 1. The second-order valence-electron chi connectivity index (χ2n) is 7.69. The molecule has 0 spiro atoms. The number of allylic oxidation sites excluding steroid dienone is 1. The second-order valence-corrected chi connectivity index (χ2v) is 10.4. The van der Waals surface area contributed by atoms with Crippen molar-refractivity contribution in [3.8, 4) is 0 Å². The fraction of sp³-hybridized carbons (Fsp3) is 0.522. The third kappa shape index (κ3) is 6.24. The zero-order valence-corrected chi connectivity index (χ0v) is 21.2. The maximum absolute atomic E-state index is 13.0. The minimum atomic E-state index is -1.79. The number of hydrogen-bond donors (Lipinski definition) is 1. The lowest BCUT2D eigenvalue weighted by atomic mass is 9.87. The summed E-state index contributed by atoms with van der Waals surface area (Å²) in [7, 11) is 5.73. The number of β-lactam (4-membered cyclic amide) rings is 1. The van der Waals surface area contributed by atoms with Gasteiger partial charge in [0.15, 0.2) is 4.87 Å². The van der Waals surface area contributed by atoms with Crippen LogP contribution in [-0.4, -0.2) is 53.4 Å². The van der Waals surface area contributed by atoms with Crippen molar-refractivity contribution < 1.29 is 28.6 Å². The average Bonchev–Trinajstić information content (AvgIpc) is 2.79. The third-order valence-electron chi connectivity index (χ3n) is 5.19. The van der Waals surface area contributed by atoms with Crippen LogP contribution in [-0.2, 0) is 30.4 Å². The van der Waals surface area contributed by atoms with Gasteiger partial charge in [-0.15, -0.1) is 0 Å². The minimum absolute atomic E-state index is 0.0279. The summed E-state index contributed by atoms with van der Waals surface area (Å²) in [5.74, 6) is -0.00563. The molecule has 0 aliphatic carbocycles. The van der Waals surface area contributed by atoms with Gasteiger partial charge in [-0.3, -0.25) is 14.9 Å². The molecule has 0 bridgehead atoms. The summed E-state index contributed by atoms with van der Waals surface area (Å²) in [5.41, 5.74) is -0.986. The highest BCUT2D eigenvalue weighted by Crippen LogP contribution is 2.55. The number of likely N-dealkylation sites (tertiary alicyclic amines) is 1. The summed E-state index contributed by atoms with van der Waals surface area (Å²) in [4.78, 5) is 38.5. The molecule has 1 saturated heterocycles. The Morgan fingerprint density at radius 2 is 1.91 bits per heavy atom. The number of alkyl carbamates (subject to hydrolysis) is 1. The van der Waals surface area contributed by atoms with Crippen molar-refractivity contribution in [2.45, 2.75) is 56.7 Å². The first-order chi connectivity index (χ1) is 15.7. The summed E-state index contributed by atoms with van der Waals surface area (Å²) in [6.45, 7) is 7.31. The third-order valence-corrected chi connectivity index (χ3v) is 8.43. The molecule has 2 amide bonds. The fourth-order valence-corrected chi connectivity index (χ4v) is 6.83. The molecule has 1 N–H and O–H groups in total. The first-order valence-corrected chi connectivity index (χ1v) is 13.0. The number of amides is 2. The zero-order chi connectivity index (χ0) is 24.5. The van der Waals surface area contributed by atoms with E-state index in [1.165, 1.54) is 33.6 Å². The number of nitrogens with one attached hydrogen (secondary N) is 1. The zero-order valence-electron chi connectivity index (χ0n) is 19.5. The summed E-state index contributed by atoms with van der Waals surface area (Å²) >= 11 is 0. The van der Waals surface area contributed by atoms with E-state index in [0.29, 0.717) is 0 Å². The highest BCUT2D eigenvalue weighted by Gasteiger charge is 2.74. The maximum atomic E-state index is 13.0. The number of rotatable bonds is 13. The molecule has 2 atom stereocenters. The van der Waals surface area contributed by atoms with Crippen LogP contribution in [0.5, 0.6) is 0 Å². The molecular formula is C23H32N2O6S2. The van der Waals surface area contributed by atoms with E-state index in [-0.39, 0.29) is 18.8 Å². The van der Waals surface area contributed by atoms with Crippen molar-refractivity contribution >= 4 is 39.6 Å². The Morgan fingerprint density at radius 3 is 2.52 bits per heavy atom. The Kier molecular flexibility index (Phi) is 10.1. The maximum Gasteiger partial charge on any atom is 0.410 e.